The molecule has 4 atom stereocenters. The molecule has 5 rings (SSSR count). The van der Waals surface area contributed by atoms with E-state index in [0.717, 1.165) is 37.7 Å². The van der Waals surface area contributed by atoms with Crippen molar-refractivity contribution in [3.05, 3.63) is 28.7 Å². The Labute approximate surface area is 192 Å². The Hall–Kier alpha value is -1.37. The predicted molar refractivity (Wildman–Crippen MR) is 127 cm³/mol. The maximum Gasteiger partial charge on any atom is 0.330 e. The van der Waals surface area contributed by atoms with Gasteiger partial charge in [-0.05, 0) is 64.7 Å². The molecule has 3 aliphatic rings. The predicted octanol–water partition coefficient (Wildman–Crippen LogP) is 1.46. The maximum atomic E-state index is 13.6. The van der Waals surface area contributed by atoms with Crippen molar-refractivity contribution < 1.29 is 8.42 Å². The number of thioether (sulfide) groups is 1. The number of nitrogens with zero attached hydrogens (tertiary/aromatic N) is 2. The molecular weight excluding hydrogens is 448 g/mol. The largest absolute Gasteiger partial charge is 0.330 e. The summed E-state index contributed by atoms with van der Waals surface area (Å²) in [4.78, 5) is 13.8. The van der Waals surface area contributed by atoms with Gasteiger partial charge in [0.25, 0.3) is 0 Å². The van der Waals surface area contributed by atoms with Crippen molar-refractivity contribution in [1.29, 1.82) is 0 Å². The van der Waals surface area contributed by atoms with E-state index < -0.39 is 10.0 Å². The minimum Gasteiger partial charge on any atom is -0.302 e. The van der Waals surface area contributed by atoms with Gasteiger partial charge in [0.15, 0.2) is 0 Å². The van der Waals surface area contributed by atoms with E-state index in [-0.39, 0.29) is 33.6 Å². The Kier molecular flexibility index (Phi) is 5.70. The van der Waals surface area contributed by atoms with E-state index in [9.17, 15) is 13.2 Å². The molecule has 3 fully saturated rings. The third-order valence-electron chi connectivity index (χ3n) is 6.78. The van der Waals surface area contributed by atoms with Gasteiger partial charge in [-0.2, -0.15) is 0 Å². The van der Waals surface area contributed by atoms with Gasteiger partial charge < -0.3 is 5.32 Å². The number of benzene rings is 1. The molecule has 0 amide bonds. The van der Waals surface area contributed by atoms with Crippen LogP contribution in [0.15, 0.2) is 27.9 Å². The van der Waals surface area contributed by atoms with Crippen LogP contribution in [0.5, 0.6) is 0 Å². The number of nitrogens with one attached hydrogen (secondary N) is 4. The highest BCUT2D eigenvalue weighted by molar-refractivity contribution is 8.00. The van der Waals surface area contributed by atoms with Gasteiger partial charge >= 0.3 is 5.69 Å². The van der Waals surface area contributed by atoms with Gasteiger partial charge in [0.05, 0.1) is 21.3 Å². The van der Waals surface area contributed by atoms with Crippen LogP contribution in [-0.4, -0.2) is 46.3 Å². The van der Waals surface area contributed by atoms with Crippen molar-refractivity contribution in [2.45, 2.75) is 86.3 Å². The number of rotatable bonds is 6. The number of imidazole rings is 1. The zero-order valence-corrected chi connectivity index (χ0v) is 20.4. The fourth-order valence-corrected chi connectivity index (χ4v) is 7.55. The molecular formula is C21H32N6O3S2. The highest BCUT2D eigenvalue weighted by Gasteiger charge is 2.41. The lowest BCUT2D eigenvalue weighted by atomic mass is 10.2. The molecule has 3 heterocycles. The highest BCUT2D eigenvalue weighted by Crippen LogP contribution is 2.36. The first kappa shape index (κ1) is 22.4. The summed E-state index contributed by atoms with van der Waals surface area (Å²) in [5, 5.41) is 4.12. The van der Waals surface area contributed by atoms with Crippen molar-refractivity contribution in [1.82, 2.24) is 30.0 Å². The molecule has 1 aromatic carbocycles. The Balaban J connectivity index is 1.59. The second-order valence-corrected chi connectivity index (χ2v) is 12.8. The van der Waals surface area contributed by atoms with Crippen LogP contribution in [0.3, 0.4) is 0 Å². The average molecular weight is 481 g/mol. The van der Waals surface area contributed by atoms with Gasteiger partial charge in [-0.15, -0.1) is 11.8 Å². The summed E-state index contributed by atoms with van der Waals surface area (Å²) in [5.41, 5.74) is 7.32. The lowest BCUT2D eigenvalue weighted by molar-refractivity contribution is 0.272. The summed E-state index contributed by atoms with van der Waals surface area (Å²) >= 11 is 1.84. The van der Waals surface area contributed by atoms with Gasteiger partial charge in [-0.1, -0.05) is 0 Å². The molecule has 32 heavy (non-hydrogen) atoms. The van der Waals surface area contributed by atoms with Crippen LogP contribution in [0.25, 0.3) is 11.0 Å². The topological polar surface area (TPSA) is 109 Å². The summed E-state index contributed by atoms with van der Waals surface area (Å²) in [5.74, 6) is 0. The summed E-state index contributed by atoms with van der Waals surface area (Å²) in [6, 6.07) is 5.35. The standard InChI is InChI=1S/C21H32N6O3S2/c1-13-18(31-14(2)23-13)12-26-16-7-6-15(32(29,30)25-21(3)8-9-21)11-17(16)27(20(26)28)19-5-4-10-22-24-19/h6-7,11,13-14,18-19,22-25H,4-5,8-10,12H2,1-3H3. The monoisotopic (exact) mass is 480 g/mol. The first-order chi connectivity index (χ1) is 15.2. The number of sulfonamides is 1. The minimum absolute atomic E-state index is 0.106. The van der Waals surface area contributed by atoms with Crippen LogP contribution in [0.1, 0.15) is 52.6 Å². The van der Waals surface area contributed by atoms with E-state index in [1.54, 1.807) is 22.8 Å². The Bertz CT molecular complexity index is 1180. The number of hydrazine groups is 1. The van der Waals surface area contributed by atoms with Crippen molar-refractivity contribution in [3.8, 4) is 0 Å². The molecule has 4 N–H and O–H groups in total. The number of hydrogen-bond donors (Lipinski definition) is 4. The molecule has 4 unspecified atom stereocenters. The van der Waals surface area contributed by atoms with Crippen molar-refractivity contribution in [2.24, 2.45) is 0 Å². The third kappa shape index (κ3) is 4.14. The summed E-state index contributed by atoms with van der Waals surface area (Å²) < 4.78 is 32.4. The first-order valence-corrected chi connectivity index (χ1v) is 13.8. The van der Waals surface area contributed by atoms with Gasteiger partial charge in [-0.3, -0.25) is 14.6 Å². The second kappa shape index (κ2) is 8.14. The smallest absolute Gasteiger partial charge is 0.302 e. The van der Waals surface area contributed by atoms with Gasteiger partial charge in [0.1, 0.15) is 6.17 Å². The zero-order chi connectivity index (χ0) is 22.7. The fourth-order valence-electron chi connectivity index (χ4n) is 4.70. The molecule has 0 spiro atoms. The van der Waals surface area contributed by atoms with E-state index in [2.05, 4.69) is 34.7 Å². The van der Waals surface area contributed by atoms with E-state index in [1.165, 1.54) is 0 Å². The van der Waals surface area contributed by atoms with E-state index >= 15 is 0 Å². The molecule has 0 radical (unpaired) electrons. The zero-order valence-electron chi connectivity index (χ0n) is 18.7. The Morgan fingerprint density at radius 1 is 1.25 bits per heavy atom. The van der Waals surface area contributed by atoms with Crippen molar-refractivity contribution in [2.75, 3.05) is 6.54 Å². The molecule has 11 heteroatoms. The van der Waals surface area contributed by atoms with E-state index in [4.69, 9.17) is 0 Å². The number of fused-ring (bicyclic) bond motifs is 1. The number of aromatic nitrogens is 2. The maximum absolute atomic E-state index is 13.6. The van der Waals surface area contributed by atoms with Crippen LogP contribution in [0, 0.1) is 0 Å². The van der Waals surface area contributed by atoms with Crippen molar-refractivity contribution in [3.63, 3.8) is 0 Å². The lowest BCUT2D eigenvalue weighted by Crippen LogP contribution is -2.46. The molecule has 2 aliphatic heterocycles. The molecule has 1 aromatic heterocycles. The summed E-state index contributed by atoms with van der Waals surface area (Å²) in [6.45, 7) is 7.62. The molecule has 0 bridgehead atoms. The molecule has 9 nitrogen and oxygen atoms in total. The second-order valence-electron chi connectivity index (χ2n) is 9.58. The van der Waals surface area contributed by atoms with Crippen LogP contribution in [-0.2, 0) is 16.6 Å². The lowest BCUT2D eigenvalue weighted by Gasteiger charge is -2.25. The van der Waals surface area contributed by atoms with E-state index in [1.807, 2.05) is 23.3 Å². The van der Waals surface area contributed by atoms with Gasteiger partial charge in [-0.25, -0.2) is 23.4 Å². The molecule has 1 aliphatic carbocycles. The average Bonchev–Trinajstić information content (AvgIpc) is 3.27. The van der Waals surface area contributed by atoms with Crippen LogP contribution in [0.4, 0.5) is 0 Å². The summed E-state index contributed by atoms with van der Waals surface area (Å²) in [6.07, 6.45) is 3.20. The quantitative estimate of drug-likeness (QED) is 0.496. The highest BCUT2D eigenvalue weighted by atomic mass is 32.2. The third-order valence-corrected chi connectivity index (χ3v) is 9.87. The molecule has 2 saturated heterocycles. The SMILES string of the molecule is CC1NC(C)C(Cn2c(=O)n(C3CCCNN3)c3cc(S(=O)(=O)NC4(C)CC4)ccc32)S1. The summed E-state index contributed by atoms with van der Waals surface area (Å²) in [7, 11) is -3.66. The van der Waals surface area contributed by atoms with Crippen LogP contribution in [0.2, 0.25) is 0 Å². The first-order valence-electron chi connectivity index (χ1n) is 11.4. The minimum atomic E-state index is -3.66. The van der Waals surface area contributed by atoms with Crippen molar-refractivity contribution >= 4 is 32.8 Å². The Morgan fingerprint density at radius 2 is 2.03 bits per heavy atom. The van der Waals surface area contributed by atoms with Gasteiger partial charge in [0.2, 0.25) is 10.0 Å². The molecule has 1 saturated carbocycles. The van der Waals surface area contributed by atoms with E-state index in [0.29, 0.717) is 17.4 Å². The van der Waals surface area contributed by atoms with Gasteiger partial charge in [0, 0.05) is 29.9 Å². The number of hydrogen-bond acceptors (Lipinski definition) is 7. The normalized spacial score (nSPS) is 30.1. The Morgan fingerprint density at radius 3 is 2.66 bits per heavy atom. The fraction of sp³-hybridized carbons (Fsp3) is 0.667. The molecule has 176 valence electrons. The van der Waals surface area contributed by atoms with Crippen LogP contribution >= 0.6 is 11.8 Å². The van der Waals surface area contributed by atoms with Crippen LogP contribution < -0.4 is 26.6 Å². The molecule has 2 aromatic rings.